The zero-order chi connectivity index (χ0) is 20.2. The van der Waals surface area contributed by atoms with Crippen LogP contribution in [-0.4, -0.2) is 16.9 Å². The largest absolute Gasteiger partial charge is 0.351 e. The fourth-order valence-electron chi connectivity index (χ4n) is 2.88. The van der Waals surface area contributed by atoms with Gasteiger partial charge in [-0.05, 0) is 60.7 Å². The predicted octanol–water partition coefficient (Wildman–Crippen LogP) is 5.72. The van der Waals surface area contributed by atoms with Crippen molar-refractivity contribution in [2.24, 2.45) is 0 Å². The zero-order valence-electron chi connectivity index (χ0n) is 15.2. The smallest absolute Gasteiger partial charge is 0.323 e. The fraction of sp³-hybridized carbons (Fsp3) is 0. The first kappa shape index (κ1) is 18.6. The first-order valence-electron chi connectivity index (χ1n) is 8.89. The minimum absolute atomic E-state index is 0.264. The molecule has 0 fully saturated rings. The summed E-state index contributed by atoms with van der Waals surface area (Å²) in [4.78, 5) is 27.6. The molecule has 6 nitrogen and oxygen atoms in total. The highest BCUT2D eigenvalue weighted by Crippen LogP contribution is 2.21. The molecule has 7 heteroatoms. The number of carbonyl (C=O) groups is 2. The van der Waals surface area contributed by atoms with Crippen molar-refractivity contribution in [2.75, 3.05) is 16.0 Å². The molecular weight excluding hydrogens is 388 g/mol. The van der Waals surface area contributed by atoms with E-state index in [2.05, 4.69) is 20.9 Å². The van der Waals surface area contributed by atoms with Gasteiger partial charge in [0.2, 0.25) is 0 Å². The number of benzene rings is 3. The molecule has 4 aromatic rings. The number of aromatic amines is 1. The molecule has 3 aromatic carbocycles. The topological polar surface area (TPSA) is 86.0 Å². The maximum Gasteiger partial charge on any atom is 0.323 e. The van der Waals surface area contributed by atoms with E-state index in [1.807, 2.05) is 24.3 Å². The van der Waals surface area contributed by atoms with Crippen LogP contribution in [0.3, 0.4) is 0 Å². The van der Waals surface area contributed by atoms with E-state index in [-0.39, 0.29) is 11.9 Å². The van der Waals surface area contributed by atoms with Crippen LogP contribution in [0.5, 0.6) is 0 Å². The molecule has 0 atom stereocenters. The van der Waals surface area contributed by atoms with Crippen LogP contribution in [0.25, 0.3) is 10.9 Å². The van der Waals surface area contributed by atoms with Gasteiger partial charge in [-0.25, -0.2) is 4.79 Å². The van der Waals surface area contributed by atoms with Crippen molar-refractivity contribution >= 4 is 51.5 Å². The van der Waals surface area contributed by atoms with Crippen molar-refractivity contribution in [2.45, 2.75) is 0 Å². The molecule has 0 aliphatic rings. The minimum atomic E-state index is -0.343. The Morgan fingerprint density at radius 2 is 1.34 bits per heavy atom. The first-order valence-corrected chi connectivity index (χ1v) is 9.27. The van der Waals surface area contributed by atoms with E-state index in [1.54, 1.807) is 54.6 Å². The molecule has 0 radical (unpaired) electrons. The van der Waals surface area contributed by atoms with Crippen molar-refractivity contribution in [3.63, 3.8) is 0 Å². The van der Waals surface area contributed by atoms with Crippen molar-refractivity contribution in [3.8, 4) is 0 Å². The number of H-pyrrole nitrogens is 1. The molecule has 4 N–H and O–H groups in total. The average molecular weight is 405 g/mol. The number of amides is 3. The Hall–Kier alpha value is -3.77. The van der Waals surface area contributed by atoms with Gasteiger partial charge in [-0.2, -0.15) is 0 Å². The van der Waals surface area contributed by atoms with Gasteiger partial charge in [0.25, 0.3) is 5.91 Å². The molecule has 0 saturated carbocycles. The summed E-state index contributed by atoms with van der Waals surface area (Å²) < 4.78 is 0. The van der Waals surface area contributed by atoms with Crippen LogP contribution in [0.4, 0.5) is 21.9 Å². The Morgan fingerprint density at radius 3 is 2.03 bits per heavy atom. The minimum Gasteiger partial charge on any atom is -0.351 e. The molecule has 0 unspecified atom stereocenters. The van der Waals surface area contributed by atoms with Crippen molar-refractivity contribution in [1.29, 1.82) is 0 Å². The maximum atomic E-state index is 12.5. The van der Waals surface area contributed by atoms with E-state index in [4.69, 9.17) is 11.6 Å². The lowest BCUT2D eigenvalue weighted by Crippen LogP contribution is -2.19. The number of fused-ring (bicyclic) bond motifs is 1. The maximum absolute atomic E-state index is 12.5. The second kappa shape index (κ2) is 8.08. The molecule has 0 saturated heterocycles. The average Bonchev–Trinajstić information content (AvgIpc) is 3.13. The third kappa shape index (κ3) is 4.56. The number of para-hydroxylation sites is 1. The number of hydrogen-bond donors (Lipinski definition) is 4. The fourth-order valence-corrected chi connectivity index (χ4v) is 3.06. The quantitative estimate of drug-likeness (QED) is 0.350. The highest BCUT2D eigenvalue weighted by molar-refractivity contribution is 6.31. The predicted molar refractivity (Wildman–Crippen MR) is 117 cm³/mol. The van der Waals surface area contributed by atoms with E-state index in [1.165, 1.54) is 0 Å². The molecule has 29 heavy (non-hydrogen) atoms. The standard InChI is InChI=1S/C22H17ClN4O2/c23-15-6-11-19-14(12-15)13-20(27-19)21(28)24-17-7-9-18(10-8-17)26-22(29)25-16-4-2-1-3-5-16/h1-13,27H,(H,24,28)(H2,25,26,29). The monoisotopic (exact) mass is 404 g/mol. The van der Waals surface area contributed by atoms with Crippen LogP contribution in [-0.2, 0) is 0 Å². The summed E-state index contributed by atoms with van der Waals surface area (Å²) in [6.07, 6.45) is 0. The summed E-state index contributed by atoms with van der Waals surface area (Å²) in [5, 5.41) is 9.79. The lowest BCUT2D eigenvalue weighted by atomic mass is 10.2. The van der Waals surface area contributed by atoms with Crippen LogP contribution in [0.1, 0.15) is 10.5 Å². The van der Waals surface area contributed by atoms with E-state index in [0.29, 0.717) is 27.8 Å². The molecule has 1 aromatic heterocycles. The number of aromatic nitrogens is 1. The molecular formula is C22H17ClN4O2. The zero-order valence-corrected chi connectivity index (χ0v) is 16.0. The number of rotatable bonds is 4. The Morgan fingerprint density at radius 1 is 0.724 bits per heavy atom. The van der Waals surface area contributed by atoms with Gasteiger partial charge in [0.15, 0.2) is 0 Å². The van der Waals surface area contributed by atoms with E-state index < -0.39 is 0 Å². The normalized spacial score (nSPS) is 10.5. The molecule has 3 amide bonds. The number of hydrogen-bond acceptors (Lipinski definition) is 2. The van der Waals surface area contributed by atoms with Gasteiger partial charge in [-0.15, -0.1) is 0 Å². The number of nitrogens with one attached hydrogen (secondary N) is 4. The van der Waals surface area contributed by atoms with Gasteiger partial charge in [-0.1, -0.05) is 29.8 Å². The first-order chi connectivity index (χ1) is 14.1. The van der Waals surface area contributed by atoms with Crippen molar-refractivity contribution in [3.05, 3.63) is 89.6 Å². The Labute approximate surface area is 171 Å². The van der Waals surface area contributed by atoms with Crippen LogP contribution in [0.2, 0.25) is 5.02 Å². The van der Waals surface area contributed by atoms with Crippen LogP contribution in [0.15, 0.2) is 78.9 Å². The summed E-state index contributed by atoms with van der Waals surface area (Å²) >= 11 is 5.98. The van der Waals surface area contributed by atoms with Crippen LogP contribution >= 0.6 is 11.6 Å². The van der Waals surface area contributed by atoms with E-state index in [9.17, 15) is 9.59 Å². The number of carbonyl (C=O) groups excluding carboxylic acids is 2. The lowest BCUT2D eigenvalue weighted by Gasteiger charge is -2.09. The highest BCUT2D eigenvalue weighted by atomic mass is 35.5. The highest BCUT2D eigenvalue weighted by Gasteiger charge is 2.10. The summed E-state index contributed by atoms with van der Waals surface area (Å²) in [5.41, 5.74) is 3.20. The Bertz CT molecular complexity index is 1170. The second-order valence-corrected chi connectivity index (χ2v) is 6.83. The van der Waals surface area contributed by atoms with Crippen molar-refractivity contribution < 1.29 is 9.59 Å². The number of anilines is 3. The molecule has 0 spiro atoms. The third-order valence-electron chi connectivity index (χ3n) is 4.26. The SMILES string of the molecule is O=C(Nc1ccccc1)Nc1ccc(NC(=O)c2cc3cc(Cl)ccc3[nH]2)cc1. The third-order valence-corrected chi connectivity index (χ3v) is 4.49. The second-order valence-electron chi connectivity index (χ2n) is 6.39. The van der Waals surface area contributed by atoms with Gasteiger partial charge in [-0.3, -0.25) is 4.79 Å². The Balaban J connectivity index is 1.38. The lowest BCUT2D eigenvalue weighted by molar-refractivity contribution is 0.102. The van der Waals surface area contributed by atoms with Gasteiger partial charge in [0, 0.05) is 33.0 Å². The van der Waals surface area contributed by atoms with Gasteiger partial charge >= 0.3 is 6.03 Å². The molecule has 4 rings (SSSR count). The van der Waals surface area contributed by atoms with Gasteiger partial charge in [0.05, 0.1) is 0 Å². The molecule has 1 heterocycles. The van der Waals surface area contributed by atoms with E-state index in [0.717, 1.165) is 10.9 Å². The summed E-state index contributed by atoms with van der Waals surface area (Å²) in [6, 6.07) is 22.8. The van der Waals surface area contributed by atoms with Gasteiger partial charge < -0.3 is 20.9 Å². The summed E-state index contributed by atoms with van der Waals surface area (Å²) in [6.45, 7) is 0. The molecule has 144 valence electrons. The number of urea groups is 1. The van der Waals surface area contributed by atoms with Crippen LogP contribution in [0, 0.1) is 0 Å². The molecule has 0 bridgehead atoms. The number of halogens is 1. The Kier molecular flexibility index (Phi) is 5.18. The summed E-state index contributed by atoms with van der Waals surface area (Å²) in [5.74, 6) is -0.264. The van der Waals surface area contributed by atoms with Gasteiger partial charge in [0.1, 0.15) is 5.69 Å². The summed E-state index contributed by atoms with van der Waals surface area (Å²) in [7, 11) is 0. The molecule has 0 aliphatic carbocycles. The molecule has 0 aliphatic heterocycles. The van der Waals surface area contributed by atoms with E-state index >= 15 is 0 Å². The van der Waals surface area contributed by atoms with Crippen LogP contribution < -0.4 is 16.0 Å². The van der Waals surface area contributed by atoms with Crippen molar-refractivity contribution in [1.82, 2.24) is 4.98 Å².